The topological polar surface area (TPSA) is 12.0 Å². The molecule has 100 valence electrons. The van der Waals surface area contributed by atoms with Gasteiger partial charge in [0, 0.05) is 16.8 Å². The zero-order chi connectivity index (χ0) is 14.0. The van der Waals surface area contributed by atoms with E-state index in [9.17, 15) is 13.2 Å². The summed E-state index contributed by atoms with van der Waals surface area (Å²) in [5.41, 5.74) is 0.896. The van der Waals surface area contributed by atoms with Gasteiger partial charge in [-0.05, 0) is 38.1 Å². The highest BCUT2D eigenvalue weighted by Gasteiger charge is 2.16. The molecule has 0 saturated carbocycles. The molecule has 4 heteroatoms. The van der Waals surface area contributed by atoms with Crippen LogP contribution in [0.1, 0.15) is 24.1 Å². The smallest absolute Gasteiger partial charge is 0.131 e. The zero-order valence-electron chi connectivity index (χ0n) is 10.7. The maximum Gasteiger partial charge on any atom is 0.131 e. The normalized spacial score (nSPS) is 12.3. The van der Waals surface area contributed by atoms with Crippen molar-refractivity contribution < 1.29 is 13.2 Å². The molecule has 0 fully saturated rings. The molecule has 0 aliphatic carbocycles. The van der Waals surface area contributed by atoms with Crippen molar-refractivity contribution in [3.63, 3.8) is 0 Å². The number of hydrogen-bond donors (Lipinski definition) is 1. The van der Waals surface area contributed by atoms with Crippen molar-refractivity contribution >= 4 is 5.69 Å². The second-order valence-electron chi connectivity index (χ2n) is 4.41. The van der Waals surface area contributed by atoms with Gasteiger partial charge in [-0.25, -0.2) is 13.2 Å². The van der Waals surface area contributed by atoms with Gasteiger partial charge in [-0.15, -0.1) is 0 Å². The quantitative estimate of drug-likeness (QED) is 0.856. The number of hydrogen-bond acceptors (Lipinski definition) is 1. The second-order valence-corrected chi connectivity index (χ2v) is 4.41. The van der Waals surface area contributed by atoms with E-state index in [2.05, 4.69) is 5.32 Å². The summed E-state index contributed by atoms with van der Waals surface area (Å²) in [6.45, 7) is 3.24. The number of benzene rings is 2. The molecule has 0 aromatic heterocycles. The van der Waals surface area contributed by atoms with E-state index < -0.39 is 17.7 Å². The average molecular weight is 265 g/mol. The summed E-state index contributed by atoms with van der Waals surface area (Å²) in [6, 6.07) is 7.69. The molecule has 2 aromatic carbocycles. The maximum absolute atomic E-state index is 13.6. The van der Waals surface area contributed by atoms with Crippen LogP contribution in [0.2, 0.25) is 0 Å². The van der Waals surface area contributed by atoms with Crippen LogP contribution in [0.3, 0.4) is 0 Å². The van der Waals surface area contributed by atoms with Crippen LogP contribution >= 0.6 is 0 Å². The third-order valence-electron chi connectivity index (χ3n) is 3.07. The van der Waals surface area contributed by atoms with Gasteiger partial charge in [0.2, 0.25) is 0 Å². The van der Waals surface area contributed by atoms with Crippen molar-refractivity contribution in [2.45, 2.75) is 19.9 Å². The lowest BCUT2D eigenvalue weighted by molar-refractivity contribution is 0.544. The van der Waals surface area contributed by atoms with E-state index >= 15 is 0 Å². The molecule has 0 aliphatic rings. The molecule has 0 aliphatic heterocycles. The molecular weight excluding hydrogens is 251 g/mol. The van der Waals surface area contributed by atoms with Crippen molar-refractivity contribution in [3.8, 4) is 0 Å². The fourth-order valence-corrected chi connectivity index (χ4v) is 1.99. The third kappa shape index (κ3) is 2.72. The SMILES string of the molecule is Cc1c(F)cccc1NC(C)c1c(F)cccc1F. The van der Waals surface area contributed by atoms with Crippen molar-refractivity contribution in [3.05, 3.63) is 65.0 Å². The first-order valence-corrected chi connectivity index (χ1v) is 5.96. The Morgan fingerprint density at radius 2 is 1.42 bits per heavy atom. The molecule has 1 N–H and O–H groups in total. The van der Waals surface area contributed by atoms with E-state index in [-0.39, 0.29) is 11.4 Å². The van der Waals surface area contributed by atoms with Crippen LogP contribution in [0.15, 0.2) is 36.4 Å². The molecule has 1 nitrogen and oxygen atoms in total. The summed E-state index contributed by atoms with van der Waals surface area (Å²) in [5, 5.41) is 2.93. The Labute approximate surface area is 110 Å². The Balaban J connectivity index is 2.31. The first-order chi connectivity index (χ1) is 9.00. The third-order valence-corrected chi connectivity index (χ3v) is 3.07. The van der Waals surface area contributed by atoms with Crippen molar-refractivity contribution in [1.29, 1.82) is 0 Å². The fourth-order valence-electron chi connectivity index (χ4n) is 1.99. The number of nitrogens with one attached hydrogen (secondary N) is 1. The van der Waals surface area contributed by atoms with E-state index in [4.69, 9.17) is 0 Å². The van der Waals surface area contributed by atoms with Crippen LogP contribution in [-0.2, 0) is 0 Å². The molecule has 0 spiro atoms. The number of anilines is 1. The second kappa shape index (κ2) is 5.34. The van der Waals surface area contributed by atoms with Crippen LogP contribution < -0.4 is 5.32 Å². The van der Waals surface area contributed by atoms with E-state index in [1.165, 1.54) is 24.3 Å². The zero-order valence-corrected chi connectivity index (χ0v) is 10.7. The molecule has 2 aromatic rings. The largest absolute Gasteiger partial charge is 0.378 e. The van der Waals surface area contributed by atoms with E-state index in [1.807, 2.05) is 0 Å². The Hall–Kier alpha value is -1.97. The lowest BCUT2D eigenvalue weighted by atomic mass is 10.1. The standard InChI is InChI=1S/C15H14F3N/c1-9-11(16)5-4-8-14(9)19-10(2)15-12(17)6-3-7-13(15)18/h3-8,10,19H,1-2H3. The molecule has 0 heterocycles. The van der Waals surface area contributed by atoms with Crippen molar-refractivity contribution in [2.75, 3.05) is 5.32 Å². The summed E-state index contributed by atoms with van der Waals surface area (Å²) in [7, 11) is 0. The monoisotopic (exact) mass is 265 g/mol. The van der Waals surface area contributed by atoms with Crippen LogP contribution in [0.25, 0.3) is 0 Å². The predicted molar refractivity (Wildman–Crippen MR) is 69.5 cm³/mol. The molecule has 19 heavy (non-hydrogen) atoms. The van der Waals surface area contributed by atoms with Gasteiger partial charge in [0.15, 0.2) is 0 Å². The Morgan fingerprint density at radius 3 is 2.05 bits per heavy atom. The summed E-state index contributed by atoms with van der Waals surface area (Å²) < 4.78 is 40.7. The minimum Gasteiger partial charge on any atom is -0.378 e. The highest BCUT2D eigenvalue weighted by molar-refractivity contribution is 5.52. The van der Waals surface area contributed by atoms with Gasteiger partial charge in [-0.1, -0.05) is 12.1 Å². The highest BCUT2D eigenvalue weighted by atomic mass is 19.1. The highest BCUT2D eigenvalue weighted by Crippen LogP contribution is 2.26. The summed E-state index contributed by atoms with van der Waals surface area (Å²) in [5.74, 6) is -1.59. The van der Waals surface area contributed by atoms with E-state index in [1.54, 1.807) is 26.0 Å². The molecular formula is C15H14F3N. The van der Waals surface area contributed by atoms with E-state index in [0.717, 1.165) is 0 Å². The van der Waals surface area contributed by atoms with E-state index in [0.29, 0.717) is 11.3 Å². The minimum absolute atomic E-state index is 0.0499. The fraction of sp³-hybridized carbons (Fsp3) is 0.200. The lowest BCUT2D eigenvalue weighted by Crippen LogP contribution is -2.12. The summed E-state index contributed by atoms with van der Waals surface area (Å²) in [4.78, 5) is 0. The Morgan fingerprint density at radius 1 is 0.895 bits per heavy atom. The van der Waals surface area contributed by atoms with Crippen molar-refractivity contribution in [1.82, 2.24) is 0 Å². The first kappa shape index (κ1) is 13.5. The molecule has 0 radical (unpaired) electrons. The van der Waals surface area contributed by atoms with Gasteiger partial charge >= 0.3 is 0 Å². The molecule has 2 rings (SSSR count). The molecule has 0 bridgehead atoms. The Kier molecular flexibility index (Phi) is 3.79. The lowest BCUT2D eigenvalue weighted by Gasteiger charge is -2.18. The molecule has 0 saturated heterocycles. The van der Waals surface area contributed by atoms with Gasteiger partial charge in [-0.3, -0.25) is 0 Å². The molecule has 0 amide bonds. The van der Waals surface area contributed by atoms with Crippen LogP contribution in [0, 0.1) is 24.4 Å². The van der Waals surface area contributed by atoms with Crippen molar-refractivity contribution in [2.24, 2.45) is 0 Å². The van der Waals surface area contributed by atoms with Gasteiger partial charge in [0.05, 0.1) is 6.04 Å². The van der Waals surface area contributed by atoms with Crippen LogP contribution in [-0.4, -0.2) is 0 Å². The van der Waals surface area contributed by atoms with Gasteiger partial charge in [0.25, 0.3) is 0 Å². The molecule has 1 atom stereocenters. The average Bonchev–Trinajstić information content (AvgIpc) is 2.35. The maximum atomic E-state index is 13.6. The summed E-state index contributed by atoms with van der Waals surface area (Å²) >= 11 is 0. The number of rotatable bonds is 3. The summed E-state index contributed by atoms with van der Waals surface area (Å²) in [6.07, 6.45) is 0. The molecule has 1 unspecified atom stereocenters. The predicted octanol–water partition coefficient (Wildman–Crippen LogP) is 4.59. The minimum atomic E-state index is -0.617. The number of halogens is 3. The van der Waals surface area contributed by atoms with Gasteiger partial charge in [-0.2, -0.15) is 0 Å². The van der Waals surface area contributed by atoms with Gasteiger partial charge in [0.1, 0.15) is 17.5 Å². The Bertz CT molecular complexity index is 576. The first-order valence-electron chi connectivity index (χ1n) is 5.96. The van der Waals surface area contributed by atoms with Crippen LogP contribution in [0.4, 0.5) is 18.9 Å². The van der Waals surface area contributed by atoms with Crippen LogP contribution in [0.5, 0.6) is 0 Å². The van der Waals surface area contributed by atoms with Gasteiger partial charge < -0.3 is 5.32 Å².